The molecule has 0 amide bonds. The molecule has 2 aromatic rings. The molecule has 1 nitrogen and oxygen atoms in total. The van der Waals surface area contributed by atoms with Gasteiger partial charge in [-0.1, -0.05) is 24.6 Å². The number of benzene rings is 1. The molecule has 1 aromatic heterocycles. The number of hydrogen-bond donors (Lipinski definition) is 1. The second kappa shape index (κ2) is 8.03. The highest BCUT2D eigenvalue weighted by Gasteiger charge is 2.16. The molecule has 0 saturated heterocycles. The van der Waals surface area contributed by atoms with Gasteiger partial charge in [-0.15, -0.1) is 23.1 Å². The highest BCUT2D eigenvalue weighted by molar-refractivity contribution is 7.99. The van der Waals surface area contributed by atoms with E-state index in [2.05, 4.69) is 12.2 Å². The van der Waals surface area contributed by atoms with Gasteiger partial charge in [0.1, 0.15) is 5.82 Å². The second-order valence-corrected chi connectivity index (χ2v) is 6.86. The molecule has 0 aliphatic carbocycles. The summed E-state index contributed by atoms with van der Waals surface area (Å²) in [4.78, 5) is 2.10. The smallest absolute Gasteiger partial charge is 0.124 e. The molecular formula is C15H17ClFNS2. The van der Waals surface area contributed by atoms with Gasteiger partial charge in [-0.2, -0.15) is 0 Å². The van der Waals surface area contributed by atoms with Crippen LogP contribution in [0, 0.1) is 5.82 Å². The van der Waals surface area contributed by atoms with Crippen molar-refractivity contribution >= 4 is 34.7 Å². The van der Waals surface area contributed by atoms with E-state index in [9.17, 15) is 4.39 Å². The summed E-state index contributed by atoms with van der Waals surface area (Å²) >= 11 is 9.53. The second-order valence-electron chi connectivity index (χ2n) is 4.41. The van der Waals surface area contributed by atoms with E-state index in [0.717, 1.165) is 33.5 Å². The van der Waals surface area contributed by atoms with Crippen molar-refractivity contribution in [2.75, 3.05) is 12.3 Å². The van der Waals surface area contributed by atoms with Crippen LogP contribution in [-0.2, 0) is 0 Å². The normalized spacial score (nSPS) is 12.6. The van der Waals surface area contributed by atoms with Crippen LogP contribution in [0.1, 0.15) is 24.3 Å². The van der Waals surface area contributed by atoms with E-state index in [1.165, 1.54) is 6.07 Å². The van der Waals surface area contributed by atoms with Crippen molar-refractivity contribution in [1.29, 1.82) is 0 Å². The summed E-state index contributed by atoms with van der Waals surface area (Å²) in [6.45, 7) is 3.09. The first kappa shape index (κ1) is 15.8. The van der Waals surface area contributed by atoms with Crippen LogP contribution in [0.15, 0.2) is 40.6 Å². The van der Waals surface area contributed by atoms with E-state index in [-0.39, 0.29) is 11.9 Å². The fourth-order valence-corrected chi connectivity index (χ4v) is 4.22. The SMILES string of the molecule is CCCNC(CSc1cccc(F)c1)c1sccc1Cl. The van der Waals surface area contributed by atoms with Gasteiger partial charge < -0.3 is 5.32 Å². The van der Waals surface area contributed by atoms with Gasteiger partial charge in [0, 0.05) is 15.5 Å². The largest absolute Gasteiger partial charge is 0.309 e. The molecule has 1 N–H and O–H groups in total. The number of rotatable bonds is 7. The summed E-state index contributed by atoms with van der Waals surface area (Å²) in [5, 5.41) is 6.32. The zero-order valence-electron chi connectivity index (χ0n) is 11.2. The summed E-state index contributed by atoms with van der Waals surface area (Å²) in [6, 6.07) is 8.83. The van der Waals surface area contributed by atoms with Crippen molar-refractivity contribution < 1.29 is 4.39 Å². The Kier molecular flexibility index (Phi) is 6.36. The zero-order valence-corrected chi connectivity index (χ0v) is 13.6. The Morgan fingerprint density at radius 2 is 2.25 bits per heavy atom. The molecule has 0 fully saturated rings. The third-order valence-electron chi connectivity index (χ3n) is 2.81. The number of halogens is 2. The quantitative estimate of drug-likeness (QED) is 0.685. The summed E-state index contributed by atoms with van der Waals surface area (Å²) in [7, 11) is 0. The van der Waals surface area contributed by atoms with Crippen molar-refractivity contribution in [1.82, 2.24) is 5.32 Å². The third kappa shape index (κ3) is 4.48. The van der Waals surface area contributed by atoms with Crippen molar-refractivity contribution in [3.8, 4) is 0 Å². The average molecular weight is 330 g/mol. The lowest BCUT2D eigenvalue weighted by Gasteiger charge is -2.17. The average Bonchev–Trinajstić information content (AvgIpc) is 2.85. The summed E-state index contributed by atoms with van der Waals surface area (Å²) < 4.78 is 13.2. The maximum absolute atomic E-state index is 13.2. The molecule has 0 aliphatic heterocycles. The maximum atomic E-state index is 13.2. The van der Waals surface area contributed by atoms with E-state index in [1.807, 2.05) is 17.5 Å². The van der Waals surface area contributed by atoms with Crippen LogP contribution in [0.25, 0.3) is 0 Å². The van der Waals surface area contributed by atoms with Gasteiger partial charge in [-0.3, -0.25) is 0 Å². The Bertz CT molecular complexity index is 544. The zero-order chi connectivity index (χ0) is 14.4. The van der Waals surface area contributed by atoms with Crippen LogP contribution in [-0.4, -0.2) is 12.3 Å². The monoisotopic (exact) mass is 329 g/mol. The number of thiophene rings is 1. The predicted octanol–water partition coefficient (Wildman–Crippen LogP) is 5.37. The Balaban J connectivity index is 2.03. The molecule has 108 valence electrons. The first-order valence-corrected chi connectivity index (χ1v) is 8.79. The van der Waals surface area contributed by atoms with Gasteiger partial charge in [0.2, 0.25) is 0 Å². The molecular weight excluding hydrogens is 313 g/mol. The molecule has 0 saturated carbocycles. The minimum Gasteiger partial charge on any atom is -0.309 e. The molecule has 0 spiro atoms. The van der Waals surface area contributed by atoms with Crippen LogP contribution < -0.4 is 5.32 Å². The van der Waals surface area contributed by atoms with E-state index in [4.69, 9.17) is 11.6 Å². The maximum Gasteiger partial charge on any atom is 0.124 e. The molecule has 2 rings (SSSR count). The molecule has 0 aliphatic rings. The van der Waals surface area contributed by atoms with Crippen LogP contribution in [0.5, 0.6) is 0 Å². The molecule has 0 radical (unpaired) electrons. The summed E-state index contributed by atoms with van der Waals surface area (Å²) in [5.41, 5.74) is 0. The molecule has 0 bridgehead atoms. The summed E-state index contributed by atoms with van der Waals surface area (Å²) in [6.07, 6.45) is 1.07. The van der Waals surface area contributed by atoms with Crippen LogP contribution >= 0.6 is 34.7 Å². The van der Waals surface area contributed by atoms with Crippen LogP contribution in [0.3, 0.4) is 0 Å². The van der Waals surface area contributed by atoms with Crippen LogP contribution in [0.4, 0.5) is 4.39 Å². The Morgan fingerprint density at radius 1 is 1.40 bits per heavy atom. The summed E-state index contributed by atoms with van der Waals surface area (Å²) in [5.74, 6) is 0.645. The van der Waals surface area contributed by atoms with Gasteiger partial charge in [-0.25, -0.2) is 4.39 Å². The van der Waals surface area contributed by atoms with Gasteiger partial charge in [0.25, 0.3) is 0 Å². The first-order chi connectivity index (χ1) is 9.70. The van der Waals surface area contributed by atoms with Gasteiger partial charge in [0.05, 0.1) is 11.1 Å². The highest BCUT2D eigenvalue weighted by atomic mass is 35.5. The topological polar surface area (TPSA) is 12.0 Å². The third-order valence-corrected chi connectivity index (χ3v) is 5.37. The number of nitrogens with one attached hydrogen (secondary N) is 1. The van der Waals surface area contributed by atoms with Gasteiger partial charge in [0.15, 0.2) is 0 Å². The molecule has 1 atom stereocenters. The van der Waals surface area contributed by atoms with Gasteiger partial charge >= 0.3 is 0 Å². The molecule has 20 heavy (non-hydrogen) atoms. The lowest BCUT2D eigenvalue weighted by molar-refractivity contribution is 0.585. The predicted molar refractivity (Wildman–Crippen MR) is 87.5 cm³/mol. The van der Waals surface area contributed by atoms with E-state index in [0.29, 0.717) is 0 Å². The fraction of sp³-hybridized carbons (Fsp3) is 0.333. The van der Waals surface area contributed by atoms with E-state index >= 15 is 0 Å². The Labute approximate surface area is 132 Å². The number of hydrogen-bond acceptors (Lipinski definition) is 3. The van der Waals surface area contributed by atoms with E-state index < -0.39 is 0 Å². The Hall–Kier alpha value is -0.550. The lowest BCUT2D eigenvalue weighted by Crippen LogP contribution is -2.23. The Morgan fingerprint density at radius 3 is 2.90 bits per heavy atom. The molecule has 1 heterocycles. The standard InChI is InChI=1S/C15H17ClFNS2/c1-2-7-18-14(15-13(16)6-8-19-15)10-20-12-5-3-4-11(17)9-12/h3-6,8-9,14,18H,2,7,10H2,1H3. The minimum absolute atomic E-state index is 0.192. The number of thioether (sulfide) groups is 1. The first-order valence-electron chi connectivity index (χ1n) is 6.55. The van der Waals surface area contributed by atoms with E-state index in [1.54, 1.807) is 35.2 Å². The van der Waals surface area contributed by atoms with Crippen LogP contribution in [0.2, 0.25) is 5.02 Å². The highest BCUT2D eigenvalue weighted by Crippen LogP contribution is 2.32. The van der Waals surface area contributed by atoms with Gasteiger partial charge in [-0.05, 0) is 42.6 Å². The van der Waals surface area contributed by atoms with Crippen molar-refractivity contribution in [2.24, 2.45) is 0 Å². The minimum atomic E-state index is -0.192. The van der Waals surface area contributed by atoms with Crippen molar-refractivity contribution in [3.05, 3.63) is 51.4 Å². The molecule has 1 unspecified atom stereocenters. The lowest BCUT2D eigenvalue weighted by atomic mass is 10.2. The molecule has 5 heteroatoms. The van der Waals surface area contributed by atoms with Crippen molar-refractivity contribution in [2.45, 2.75) is 24.3 Å². The van der Waals surface area contributed by atoms with Crippen molar-refractivity contribution in [3.63, 3.8) is 0 Å². The fourth-order valence-electron chi connectivity index (χ4n) is 1.84. The molecule has 1 aromatic carbocycles.